The van der Waals surface area contributed by atoms with Crippen LogP contribution in [0.3, 0.4) is 0 Å². The van der Waals surface area contributed by atoms with Gasteiger partial charge in [0.05, 0.1) is 11.6 Å². The van der Waals surface area contributed by atoms with Crippen molar-refractivity contribution < 1.29 is 14.7 Å². The maximum absolute atomic E-state index is 12.7. The van der Waals surface area contributed by atoms with Gasteiger partial charge in [-0.2, -0.15) is 0 Å². The summed E-state index contributed by atoms with van der Waals surface area (Å²) in [7, 11) is 3.86. The molecule has 0 radical (unpaired) electrons. The van der Waals surface area contributed by atoms with Gasteiger partial charge in [-0.1, -0.05) is 45.0 Å². The molecule has 0 fully saturated rings. The number of aliphatic hydroxyl groups excluding tert-OH is 1. The van der Waals surface area contributed by atoms with Gasteiger partial charge in [-0.3, -0.25) is 9.59 Å². The van der Waals surface area contributed by atoms with Gasteiger partial charge in [0, 0.05) is 19.0 Å². The summed E-state index contributed by atoms with van der Waals surface area (Å²) >= 11 is 0. The molecule has 1 aliphatic rings. The second kappa shape index (κ2) is 7.83. The summed E-state index contributed by atoms with van der Waals surface area (Å²) in [4.78, 5) is 28.9. The van der Waals surface area contributed by atoms with Crippen LogP contribution in [-0.4, -0.2) is 53.8 Å². The van der Waals surface area contributed by atoms with Gasteiger partial charge in [0.2, 0.25) is 0 Å². The van der Waals surface area contributed by atoms with Crippen molar-refractivity contribution in [3.63, 3.8) is 0 Å². The largest absolute Gasteiger partial charge is 0.503 e. The van der Waals surface area contributed by atoms with Crippen molar-refractivity contribution in [3.8, 4) is 0 Å². The lowest BCUT2D eigenvalue weighted by Gasteiger charge is -2.28. The monoisotopic (exact) mass is 344 g/mol. The zero-order valence-electron chi connectivity index (χ0n) is 15.7. The van der Waals surface area contributed by atoms with Gasteiger partial charge in [0.1, 0.15) is 0 Å². The average molecular weight is 344 g/mol. The molecule has 5 heteroatoms. The Morgan fingerprint density at radius 3 is 2.32 bits per heavy atom. The van der Waals surface area contributed by atoms with Crippen LogP contribution in [0.5, 0.6) is 0 Å². The number of Topliss-reactive ketones (excluding diaryl/α,β-unsaturated/α-hetero) is 1. The average Bonchev–Trinajstić information content (AvgIpc) is 2.83. The highest BCUT2D eigenvalue weighted by Gasteiger charge is 2.43. The number of likely N-dealkylation sites (N-methyl/N-ethyl adjacent to an activating group) is 1. The number of amides is 1. The van der Waals surface area contributed by atoms with Crippen molar-refractivity contribution in [1.82, 2.24) is 9.80 Å². The van der Waals surface area contributed by atoms with Crippen molar-refractivity contribution in [2.45, 2.75) is 33.2 Å². The van der Waals surface area contributed by atoms with E-state index in [1.165, 1.54) is 5.56 Å². The predicted octanol–water partition coefficient (Wildman–Crippen LogP) is 2.73. The Kier molecular flexibility index (Phi) is 6.01. The lowest BCUT2D eigenvalue weighted by molar-refractivity contribution is -0.129. The van der Waals surface area contributed by atoms with Crippen molar-refractivity contribution in [1.29, 1.82) is 0 Å². The Bertz CT molecular complexity index is 675. The predicted molar refractivity (Wildman–Crippen MR) is 98.3 cm³/mol. The standard InChI is InChI=1S/C20H28N2O3/c1-6-14-7-9-15(10-8-14)17-16(18(23)13(2)3)19(24)20(25)22(17)12-11-21(4)5/h7-10,13,17,24H,6,11-12H2,1-5H3. The molecule has 1 aliphatic heterocycles. The zero-order chi connectivity index (χ0) is 18.7. The van der Waals surface area contributed by atoms with E-state index in [0.29, 0.717) is 13.1 Å². The Morgan fingerprint density at radius 2 is 1.84 bits per heavy atom. The van der Waals surface area contributed by atoms with E-state index >= 15 is 0 Å². The minimum absolute atomic E-state index is 0.178. The fraction of sp³-hybridized carbons (Fsp3) is 0.500. The zero-order valence-corrected chi connectivity index (χ0v) is 15.7. The molecule has 1 aromatic rings. The van der Waals surface area contributed by atoms with E-state index in [0.717, 1.165) is 12.0 Å². The fourth-order valence-electron chi connectivity index (χ4n) is 3.04. The molecule has 25 heavy (non-hydrogen) atoms. The van der Waals surface area contributed by atoms with E-state index in [4.69, 9.17) is 0 Å². The topological polar surface area (TPSA) is 60.9 Å². The maximum Gasteiger partial charge on any atom is 0.290 e. The summed E-state index contributed by atoms with van der Waals surface area (Å²) in [6.45, 7) is 6.76. The molecule has 0 saturated heterocycles. The number of hydrogen-bond acceptors (Lipinski definition) is 4. The van der Waals surface area contributed by atoms with Crippen molar-refractivity contribution in [2.75, 3.05) is 27.2 Å². The number of nitrogens with zero attached hydrogens (tertiary/aromatic N) is 2. The summed E-state index contributed by atoms with van der Waals surface area (Å²) in [5.41, 5.74) is 2.28. The van der Waals surface area contributed by atoms with E-state index in [-0.39, 0.29) is 17.3 Å². The molecule has 1 unspecified atom stereocenters. The fourth-order valence-corrected chi connectivity index (χ4v) is 3.04. The van der Waals surface area contributed by atoms with Crippen LogP contribution >= 0.6 is 0 Å². The number of ketones is 1. The number of carbonyl (C=O) groups is 2. The van der Waals surface area contributed by atoms with Crippen LogP contribution in [-0.2, 0) is 16.0 Å². The highest BCUT2D eigenvalue weighted by atomic mass is 16.3. The second-order valence-corrected chi connectivity index (χ2v) is 7.08. The Labute approximate surface area is 149 Å². The van der Waals surface area contributed by atoms with E-state index in [9.17, 15) is 14.7 Å². The summed E-state index contributed by atoms with van der Waals surface area (Å²) in [6, 6.07) is 7.40. The first kappa shape index (κ1) is 19.2. The summed E-state index contributed by atoms with van der Waals surface area (Å²) in [6.07, 6.45) is 0.924. The molecular weight excluding hydrogens is 316 g/mol. The first-order valence-corrected chi connectivity index (χ1v) is 8.79. The van der Waals surface area contributed by atoms with Gasteiger partial charge >= 0.3 is 0 Å². The maximum atomic E-state index is 12.7. The van der Waals surface area contributed by atoms with E-state index in [2.05, 4.69) is 6.92 Å². The van der Waals surface area contributed by atoms with Crippen molar-refractivity contribution in [3.05, 3.63) is 46.7 Å². The molecule has 5 nitrogen and oxygen atoms in total. The van der Waals surface area contributed by atoms with Crippen LogP contribution in [0.4, 0.5) is 0 Å². The van der Waals surface area contributed by atoms with Gasteiger partial charge in [-0.05, 0) is 31.6 Å². The highest BCUT2D eigenvalue weighted by Crippen LogP contribution is 2.38. The highest BCUT2D eigenvalue weighted by molar-refractivity contribution is 6.09. The van der Waals surface area contributed by atoms with E-state index in [1.807, 2.05) is 43.3 Å². The second-order valence-electron chi connectivity index (χ2n) is 7.08. The SMILES string of the molecule is CCc1ccc(C2C(C(=O)C(C)C)=C(O)C(=O)N2CCN(C)C)cc1. The first-order valence-electron chi connectivity index (χ1n) is 8.79. The van der Waals surface area contributed by atoms with Crippen LogP contribution in [0.15, 0.2) is 35.6 Å². The van der Waals surface area contributed by atoms with Gasteiger partial charge in [-0.15, -0.1) is 0 Å². The van der Waals surface area contributed by atoms with Gasteiger partial charge in [-0.25, -0.2) is 0 Å². The third-order valence-electron chi connectivity index (χ3n) is 4.59. The van der Waals surface area contributed by atoms with Crippen LogP contribution in [0.25, 0.3) is 0 Å². The molecule has 0 saturated carbocycles. The number of rotatable bonds is 7. The lowest BCUT2D eigenvalue weighted by Crippen LogP contribution is -2.36. The van der Waals surface area contributed by atoms with Gasteiger partial charge in [0.15, 0.2) is 11.5 Å². The number of aryl methyl sites for hydroxylation is 1. The Balaban J connectivity index is 2.47. The first-order chi connectivity index (χ1) is 11.8. The van der Waals surface area contributed by atoms with E-state index < -0.39 is 17.7 Å². The minimum Gasteiger partial charge on any atom is -0.503 e. The van der Waals surface area contributed by atoms with Crippen molar-refractivity contribution in [2.24, 2.45) is 5.92 Å². The van der Waals surface area contributed by atoms with Crippen LogP contribution in [0.1, 0.15) is 37.9 Å². The Hall–Kier alpha value is -2.14. The van der Waals surface area contributed by atoms with Crippen LogP contribution < -0.4 is 0 Å². The summed E-state index contributed by atoms with van der Waals surface area (Å²) in [5, 5.41) is 10.4. The quantitative estimate of drug-likeness (QED) is 0.826. The van der Waals surface area contributed by atoms with Crippen molar-refractivity contribution >= 4 is 11.7 Å². The molecule has 136 valence electrons. The molecule has 0 spiro atoms. The lowest BCUT2D eigenvalue weighted by atomic mass is 9.91. The third-order valence-corrected chi connectivity index (χ3v) is 4.59. The molecule has 0 aliphatic carbocycles. The van der Waals surface area contributed by atoms with Gasteiger partial charge in [0.25, 0.3) is 5.91 Å². The molecule has 2 rings (SSSR count). The molecule has 1 heterocycles. The smallest absolute Gasteiger partial charge is 0.290 e. The minimum atomic E-state index is -0.520. The number of aliphatic hydroxyl groups is 1. The third kappa shape index (κ3) is 3.93. The Morgan fingerprint density at radius 1 is 1.24 bits per heavy atom. The van der Waals surface area contributed by atoms with Gasteiger partial charge < -0.3 is 14.9 Å². The molecule has 1 aromatic carbocycles. The molecule has 1 amide bonds. The molecule has 1 atom stereocenters. The molecule has 0 bridgehead atoms. The molecule has 1 N–H and O–H groups in total. The summed E-state index contributed by atoms with van der Waals surface area (Å²) in [5.74, 6) is -1.32. The normalized spacial score (nSPS) is 18.0. The molecule has 0 aromatic heterocycles. The number of carbonyl (C=O) groups excluding carboxylic acids is 2. The van der Waals surface area contributed by atoms with E-state index in [1.54, 1.807) is 18.7 Å². The molecular formula is C20H28N2O3. The van der Waals surface area contributed by atoms with Crippen LogP contribution in [0, 0.1) is 5.92 Å². The summed E-state index contributed by atoms with van der Waals surface area (Å²) < 4.78 is 0. The number of benzene rings is 1. The van der Waals surface area contributed by atoms with Crippen LogP contribution in [0.2, 0.25) is 0 Å². The number of hydrogen-bond donors (Lipinski definition) is 1.